The second kappa shape index (κ2) is 11.8. The molecule has 0 amide bonds. The predicted octanol–water partition coefficient (Wildman–Crippen LogP) is 3.14. The lowest BCUT2D eigenvalue weighted by atomic mass is 10.0. The van der Waals surface area contributed by atoms with E-state index in [1.54, 1.807) is 26.2 Å². The van der Waals surface area contributed by atoms with Crippen LogP contribution >= 0.6 is 24.0 Å². The lowest BCUT2D eigenvalue weighted by Gasteiger charge is -2.21. The predicted molar refractivity (Wildman–Crippen MR) is 121 cm³/mol. The third-order valence-corrected chi connectivity index (χ3v) is 3.88. The molecule has 0 spiro atoms. The average Bonchev–Trinajstić information content (AvgIpc) is 3.20. The molecule has 8 heteroatoms. The first-order chi connectivity index (χ1) is 12.9. The van der Waals surface area contributed by atoms with Crippen molar-refractivity contribution in [3.05, 3.63) is 48.4 Å². The van der Waals surface area contributed by atoms with Gasteiger partial charge in [-0.15, -0.1) is 24.0 Å². The smallest absolute Gasteiger partial charge is 0.191 e. The number of nitrogens with zero attached hydrogens (tertiary/aromatic N) is 1. The quantitative estimate of drug-likeness (QED) is 0.277. The molecule has 156 valence electrons. The lowest BCUT2D eigenvalue weighted by Crippen LogP contribution is -2.42. The van der Waals surface area contributed by atoms with Crippen molar-refractivity contribution in [3.63, 3.8) is 0 Å². The Labute approximate surface area is 183 Å². The molecule has 7 nitrogen and oxygen atoms in total. The van der Waals surface area contributed by atoms with Gasteiger partial charge in [0, 0.05) is 12.6 Å². The molecule has 1 aromatic carbocycles. The van der Waals surface area contributed by atoms with Crippen LogP contribution in [0.3, 0.4) is 0 Å². The summed E-state index contributed by atoms with van der Waals surface area (Å²) >= 11 is 0. The van der Waals surface area contributed by atoms with Crippen LogP contribution in [0.25, 0.3) is 0 Å². The summed E-state index contributed by atoms with van der Waals surface area (Å²) in [5.74, 6) is 2.58. The number of ether oxygens (including phenoxy) is 2. The van der Waals surface area contributed by atoms with Gasteiger partial charge in [0.1, 0.15) is 29.0 Å². The normalized spacial score (nSPS) is 14.4. The van der Waals surface area contributed by atoms with Crippen molar-refractivity contribution in [1.82, 2.24) is 10.6 Å². The van der Waals surface area contributed by atoms with Gasteiger partial charge < -0.3 is 29.6 Å². The van der Waals surface area contributed by atoms with Crippen LogP contribution in [0.4, 0.5) is 0 Å². The number of aliphatic hydroxyl groups is 1. The molecule has 0 aliphatic rings. The molecule has 0 fully saturated rings. The molecule has 0 aliphatic heterocycles. The van der Waals surface area contributed by atoms with Crippen LogP contribution in [0.15, 0.2) is 52.1 Å². The van der Waals surface area contributed by atoms with Gasteiger partial charge in [-0.3, -0.25) is 0 Å². The second-order valence-electron chi connectivity index (χ2n) is 6.43. The molecule has 0 saturated carbocycles. The van der Waals surface area contributed by atoms with Crippen LogP contribution in [0.5, 0.6) is 11.5 Å². The molecule has 3 N–H and O–H groups in total. The minimum absolute atomic E-state index is 0. The van der Waals surface area contributed by atoms with Gasteiger partial charge >= 0.3 is 0 Å². The number of hydrogen-bond donors (Lipinski definition) is 3. The molecule has 0 bridgehead atoms. The number of methoxy groups -OCH3 is 1. The SMILES string of the molecule is CCNC(=NCC(C)(O)c1ccco1)NCC(C)Oc1cccc(OC)c1.I. The lowest BCUT2D eigenvalue weighted by molar-refractivity contribution is 0.0437. The van der Waals surface area contributed by atoms with Crippen molar-refractivity contribution < 1.29 is 19.0 Å². The van der Waals surface area contributed by atoms with Crippen molar-refractivity contribution in [2.45, 2.75) is 32.5 Å². The maximum absolute atomic E-state index is 10.5. The monoisotopic (exact) mass is 503 g/mol. The van der Waals surface area contributed by atoms with Gasteiger partial charge in [0.05, 0.1) is 26.5 Å². The fourth-order valence-corrected chi connectivity index (χ4v) is 2.43. The number of guanidine groups is 1. The van der Waals surface area contributed by atoms with Crippen LogP contribution in [-0.2, 0) is 5.60 Å². The summed E-state index contributed by atoms with van der Waals surface area (Å²) in [4.78, 5) is 4.46. The number of nitrogens with one attached hydrogen (secondary N) is 2. The number of rotatable bonds is 9. The van der Waals surface area contributed by atoms with E-state index in [2.05, 4.69) is 15.6 Å². The Morgan fingerprint density at radius 1 is 1.25 bits per heavy atom. The first-order valence-corrected chi connectivity index (χ1v) is 9.04. The Morgan fingerprint density at radius 3 is 2.64 bits per heavy atom. The van der Waals surface area contributed by atoms with Crippen molar-refractivity contribution in [2.75, 3.05) is 26.7 Å². The second-order valence-corrected chi connectivity index (χ2v) is 6.43. The molecule has 0 radical (unpaired) electrons. The Bertz CT molecular complexity index is 720. The fourth-order valence-electron chi connectivity index (χ4n) is 2.43. The van der Waals surface area contributed by atoms with E-state index in [0.717, 1.165) is 11.5 Å². The molecule has 0 saturated heterocycles. The number of benzene rings is 1. The molecule has 2 atom stereocenters. The summed E-state index contributed by atoms with van der Waals surface area (Å²) < 4.78 is 16.4. The summed E-state index contributed by atoms with van der Waals surface area (Å²) in [6.45, 7) is 7.05. The number of hydrogen-bond acceptors (Lipinski definition) is 5. The highest BCUT2D eigenvalue weighted by molar-refractivity contribution is 14.0. The van der Waals surface area contributed by atoms with Gasteiger partial charge in [-0.05, 0) is 45.0 Å². The molecular formula is C20H30IN3O4. The maximum atomic E-state index is 10.5. The molecule has 1 aromatic heterocycles. The molecule has 2 unspecified atom stereocenters. The Balaban J connectivity index is 0.00000392. The summed E-state index contributed by atoms with van der Waals surface area (Å²) in [6, 6.07) is 11.0. The van der Waals surface area contributed by atoms with E-state index in [0.29, 0.717) is 24.8 Å². The summed E-state index contributed by atoms with van der Waals surface area (Å²) in [7, 11) is 1.63. The van der Waals surface area contributed by atoms with Gasteiger partial charge in [0.15, 0.2) is 5.96 Å². The van der Waals surface area contributed by atoms with Crippen molar-refractivity contribution in [2.24, 2.45) is 4.99 Å². The first-order valence-electron chi connectivity index (χ1n) is 9.04. The zero-order valence-electron chi connectivity index (χ0n) is 16.8. The van der Waals surface area contributed by atoms with Crippen molar-refractivity contribution in [1.29, 1.82) is 0 Å². The van der Waals surface area contributed by atoms with E-state index in [-0.39, 0.29) is 36.6 Å². The van der Waals surface area contributed by atoms with E-state index in [1.807, 2.05) is 38.1 Å². The highest BCUT2D eigenvalue weighted by Gasteiger charge is 2.26. The minimum Gasteiger partial charge on any atom is -0.497 e. The van der Waals surface area contributed by atoms with Crippen molar-refractivity contribution in [3.8, 4) is 11.5 Å². The summed E-state index contributed by atoms with van der Waals surface area (Å²) in [6.07, 6.45) is 1.45. The molecule has 28 heavy (non-hydrogen) atoms. The van der Waals surface area contributed by atoms with Crippen molar-refractivity contribution >= 4 is 29.9 Å². The third-order valence-electron chi connectivity index (χ3n) is 3.88. The van der Waals surface area contributed by atoms with E-state index in [1.165, 1.54) is 6.26 Å². The van der Waals surface area contributed by atoms with E-state index < -0.39 is 5.60 Å². The maximum Gasteiger partial charge on any atom is 0.191 e. The highest BCUT2D eigenvalue weighted by Crippen LogP contribution is 2.21. The zero-order valence-corrected chi connectivity index (χ0v) is 19.1. The van der Waals surface area contributed by atoms with Gasteiger partial charge in [-0.1, -0.05) is 6.07 Å². The number of furan rings is 1. The molecule has 0 aliphatic carbocycles. The Morgan fingerprint density at radius 2 is 2.00 bits per heavy atom. The molecule has 2 rings (SSSR count). The number of halogens is 1. The Hall–Kier alpha value is -1.94. The summed E-state index contributed by atoms with van der Waals surface area (Å²) in [5, 5.41) is 16.9. The van der Waals surface area contributed by atoms with Crippen LogP contribution in [0.2, 0.25) is 0 Å². The van der Waals surface area contributed by atoms with E-state index >= 15 is 0 Å². The average molecular weight is 503 g/mol. The van der Waals surface area contributed by atoms with E-state index in [4.69, 9.17) is 13.9 Å². The summed E-state index contributed by atoms with van der Waals surface area (Å²) in [5.41, 5.74) is -1.17. The zero-order chi connectivity index (χ0) is 19.7. The van der Waals surface area contributed by atoms with Gasteiger partial charge in [0.25, 0.3) is 0 Å². The highest BCUT2D eigenvalue weighted by atomic mass is 127. The van der Waals surface area contributed by atoms with Crippen LogP contribution < -0.4 is 20.1 Å². The minimum atomic E-state index is -1.17. The number of aliphatic imine (C=N–C) groups is 1. The Kier molecular flexibility index (Phi) is 10.2. The van der Waals surface area contributed by atoms with Crippen LogP contribution in [0, 0.1) is 0 Å². The van der Waals surface area contributed by atoms with Gasteiger partial charge in [0.2, 0.25) is 0 Å². The molecular weight excluding hydrogens is 473 g/mol. The standard InChI is InChI=1S/C20H29N3O4.HI/c1-5-21-19(23-14-20(3,24)18-10-7-11-26-18)22-13-15(2)27-17-9-6-8-16(12-17)25-4;/h6-12,15,24H,5,13-14H2,1-4H3,(H2,21,22,23);1H. The largest absolute Gasteiger partial charge is 0.497 e. The topological polar surface area (TPSA) is 88.3 Å². The van der Waals surface area contributed by atoms with Crippen LogP contribution in [0.1, 0.15) is 26.5 Å². The molecule has 1 heterocycles. The third kappa shape index (κ3) is 7.59. The molecule has 2 aromatic rings. The fraction of sp³-hybridized carbons (Fsp3) is 0.450. The first kappa shape index (κ1) is 24.1. The van der Waals surface area contributed by atoms with Gasteiger partial charge in [-0.2, -0.15) is 0 Å². The van der Waals surface area contributed by atoms with Crippen LogP contribution in [-0.4, -0.2) is 43.9 Å². The van der Waals surface area contributed by atoms with E-state index in [9.17, 15) is 5.11 Å². The van der Waals surface area contributed by atoms with Gasteiger partial charge in [-0.25, -0.2) is 4.99 Å².